The molecule has 3 aromatic rings. The highest BCUT2D eigenvalue weighted by atomic mass is 32.1. The zero-order valence-corrected chi connectivity index (χ0v) is 12.4. The molecule has 3 rings (SSSR count). The maximum Gasteiger partial charge on any atom is 0.266 e. The van der Waals surface area contributed by atoms with E-state index >= 15 is 0 Å². The lowest BCUT2D eigenvalue weighted by Crippen LogP contribution is -2.14. The number of nitriles is 1. The maximum absolute atomic E-state index is 11.8. The maximum atomic E-state index is 11.8. The van der Waals surface area contributed by atoms with Crippen molar-refractivity contribution in [3.05, 3.63) is 57.3 Å². The van der Waals surface area contributed by atoms with Gasteiger partial charge in [-0.3, -0.25) is 4.79 Å². The summed E-state index contributed by atoms with van der Waals surface area (Å²) in [6.45, 7) is 3.66. The van der Waals surface area contributed by atoms with Crippen LogP contribution in [0, 0.1) is 25.2 Å². The van der Waals surface area contributed by atoms with Gasteiger partial charge in [-0.05, 0) is 25.5 Å². The summed E-state index contributed by atoms with van der Waals surface area (Å²) in [6, 6.07) is 4.01. The number of aromatic nitrogens is 3. The standard InChI is InChI=1S/C15H12N4OS/c1-9-12(6-16)15(20)18-10(2)14(9)13-5-11(7-21-13)19-4-3-17-8-19/h3-5,7-8H,1-2H3,(H,18,20). The third-order valence-electron chi connectivity index (χ3n) is 3.40. The number of rotatable bonds is 2. The van der Waals surface area contributed by atoms with Crippen LogP contribution in [0.4, 0.5) is 0 Å². The number of nitrogens with one attached hydrogen (secondary N) is 1. The van der Waals surface area contributed by atoms with Crippen LogP contribution in [0.3, 0.4) is 0 Å². The molecule has 0 fully saturated rings. The van der Waals surface area contributed by atoms with Gasteiger partial charge in [0.1, 0.15) is 11.6 Å². The van der Waals surface area contributed by atoms with Crippen molar-refractivity contribution in [3.8, 4) is 22.2 Å². The van der Waals surface area contributed by atoms with Crippen molar-refractivity contribution in [3.63, 3.8) is 0 Å². The first kappa shape index (κ1) is 13.3. The summed E-state index contributed by atoms with van der Waals surface area (Å²) < 4.78 is 1.92. The predicted octanol–water partition coefficient (Wildman–Crippen LogP) is 2.78. The second-order valence-corrected chi connectivity index (χ2v) is 5.62. The smallest absolute Gasteiger partial charge is 0.266 e. The molecule has 0 aliphatic heterocycles. The number of hydrogen-bond acceptors (Lipinski definition) is 4. The first-order chi connectivity index (χ1) is 10.1. The van der Waals surface area contributed by atoms with E-state index in [0.29, 0.717) is 0 Å². The number of hydrogen-bond donors (Lipinski definition) is 1. The van der Waals surface area contributed by atoms with E-state index in [1.54, 1.807) is 23.9 Å². The van der Waals surface area contributed by atoms with Gasteiger partial charge in [-0.15, -0.1) is 11.3 Å². The van der Waals surface area contributed by atoms with E-state index in [2.05, 4.69) is 9.97 Å². The molecule has 1 N–H and O–H groups in total. The van der Waals surface area contributed by atoms with Gasteiger partial charge in [0.05, 0.1) is 12.0 Å². The van der Waals surface area contributed by atoms with E-state index in [4.69, 9.17) is 5.26 Å². The molecule has 0 saturated heterocycles. The molecule has 0 bridgehead atoms. The SMILES string of the molecule is Cc1[nH]c(=O)c(C#N)c(C)c1-c1cc(-n2ccnc2)cs1. The van der Waals surface area contributed by atoms with Crippen LogP contribution in [0.15, 0.2) is 35.0 Å². The Labute approximate surface area is 125 Å². The Hall–Kier alpha value is -2.65. The lowest BCUT2D eigenvalue weighted by atomic mass is 10.0. The Bertz CT molecular complexity index is 897. The van der Waals surface area contributed by atoms with Crippen molar-refractivity contribution < 1.29 is 0 Å². The molecule has 104 valence electrons. The minimum absolute atomic E-state index is 0.174. The Balaban J connectivity index is 2.18. The second kappa shape index (κ2) is 5.04. The van der Waals surface area contributed by atoms with Crippen molar-refractivity contribution in [1.82, 2.24) is 14.5 Å². The third-order valence-corrected chi connectivity index (χ3v) is 4.33. The molecule has 3 heterocycles. The first-order valence-corrected chi connectivity index (χ1v) is 7.20. The number of nitrogens with zero attached hydrogens (tertiary/aromatic N) is 3. The Morgan fingerprint density at radius 3 is 2.90 bits per heavy atom. The molecule has 6 heteroatoms. The summed E-state index contributed by atoms with van der Waals surface area (Å²) in [5.74, 6) is 0. The normalized spacial score (nSPS) is 10.5. The van der Waals surface area contributed by atoms with Crippen LogP contribution in [0.5, 0.6) is 0 Å². The summed E-state index contributed by atoms with van der Waals surface area (Å²) in [7, 11) is 0. The van der Waals surface area contributed by atoms with Crippen LogP contribution in [-0.2, 0) is 0 Å². The van der Waals surface area contributed by atoms with Gasteiger partial charge >= 0.3 is 0 Å². The minimum atomic E-state index is -0.331. The molecule has 5 nitrogen and oxygen atoms in total. The highest BCUT2D eigenvalue weighted by molar-refractivity contribution is 7.14. The van der Waals surface area contributed by atoms with Crippen LogP contribution in [0.1, 0.15) is 16.8 Å². The molecule has 3 aromatic heterocycles. The zero-order chi connectivity index (χ0) is 15.0. The lowest BCUT2D eigenvalue weighted by Gasteiger charge is -2.08. The van der Waals surface area contributed by atoms with Gasteiger partial charge in [0.2, 0.25) is 0 Å². The summed E-state index contributed by atoms with van der Waals surface area (Å²) in [5.41, 5.74) is 3.27. The Kier molecular flexibility index (Phi) is 3.20. The van der Waals surface area contributed by atoms with Gasteiger partial charge in [-0.1, -0.05) is 0 Å². The zero-order valence-electron chi connectivity index (χ0n) is 11.5. The highest BCUT2D eigenvalue weighted by Gasteiger charge is 2.15. The second-order valence-electron chi connectivity index (χ2n) is 4.71. The fourth-order valence-corrected chi connectivity index (χ4v) is 3.43. The molecule has 0 aliphatic rings. The van der Waals surface area contributed by atoms with Gasteiger partial charge in [0.25, 0.3) is 5.56 Å². The highest BCUT2D eigenvalue weighted by Crippen LogP contribution is 2.33. The Morgan fingerprint density at radius 1 is 1.43 bits per heavy atom. The number of thiophene rings is 1. The molecule has 0 aliphatic carbocycles. The minimum Gasteiger partial charge on any atom is -0.325 e. The Morgan fingerprint density at radius 2 is 2.24 bits per heavy atom. The van der Waals surface area contributed by atoms with Gasteiger partial charge in [-0.25, -0.2) is 4.98 Å². The molecule has 0 saturated carbocycles. The summed E-state index contributed by atoms with van der Waals surface area (Å²) in [6.07, 6.45) is 5.33. The van der Waals surface area contributed by atoms with E-state index in [1.165, 1.54) is 0 Å². The molecule has 0 spiro atoms. The third kappa shape index (κ3) is 2.18. The van der Waals surface area contributed by atoms with Crippen molar-refractivity contribution in [2.75, 3.05) is 0 Å². The van der Waals surface area contributed by atoms with E-state index in [1.807, 2.05) is 42.1 Å². The summed E-state index contributed by atoms with van der Waals surface area (Å²) in [4.78, 5) is 19.6. The predicted molar refractivity (Wildman–Crippen MR) is 81.7 cm³/mol. The molecule has 0 unspecified atom stereocenters. The average molecular weight is 296 g/mol. The number of aryl methyl sites for hydroxylation is 1. The first-order valence-electron chi connectivity index (χ1n) is 6.32. The largest absolute Gasteiger partial charge is 0.325 e. The summed E-state index contributed by atoms with van der Waals surface area (Å²) >= 11 is 1.57. The van der Waals surface area contributed by atoms with Crippen LogP contribution in [0.25, 0.3) is 16.1 Å². The fourth-order valence-electron chi connectivity index (χ4n) is 2.38. The quantitative estimate of drug-likeness (QED) is 0.790. The van der Waals surface area contributed by atoms with Crippen LogP contribution >= 0.6 is 11.3 Å². The van der Waals surface area contributed by atoms with Crippen molar-refractivity contribution >= 4 is 11.3 Å². The molecule has 0 amide bonds. The molecular weight excluding hydrogens is 284 g/mol. The van der Waals surface area contributed by atoms with Gasteiger partial charge in [0.15, 0.2) is 0 Å². The van der Waals surface area contributed by atoms with Crippen LogP contribution in [-0.4, -0.2) is 14.5 Å². The monoisotopic (exact) mass is 296 g/mol. The summed E-state index contributed by atoms with van der Waals surface area (Å²) in [5, 5.41) is 11.2. The molecule has 0 atom stereocenters. The van der Waals surface area contributed by atoms with Gasteiger partial charge in [-0.2, -0.15) is 5.26 Å². The van der Waals surface area contributed by atoms with Crippen molar-refractivity contribution in [1.29, 1.82) is 5.26 Å². The van der Waals surface area contributed by atoms with E-state index in [9.17, 15) is 4.79 Å². The van der Waals surface area contributed by atoms with E-state index < -0.39 is 0 Å². The van der Waals surface area contributed by atoms with Crippen molar-refractivity contribution in [2.45, 2.75) is 13.8 Å². The van der Waals surface area contributed by atoms with Crippen LogP contribution in [0.2, 0.25) is 0 Å². The number of aromatic amines is 1. The van der Waals surface area contributed by atoms with Gasteiger partial charge in [0, 0.05) is 33.9 Å². The fraction of sp³-hybridized carbons (Fsp3) is 0.133. The van der Waals surface area contributed by atoms with Crippen LogP contribution < -0.4 is 5.56 Å². The molecular formula is C15H12N4OS. The molecule has 0 radical (unpaired) electrons. The number of H-pyrrole nitrogens is 1. The number of pyridine rings is 1. The molecule has 0 aromatic carbocycles. The van der Waals surface area contributed by atoms with E-state index in [-0.39, 0.29) is 11.1 Å². The average Bonchev–Trinajstić information content (AvgIpc) is 3.09. The molecule has 21 heavy (non-hydrogen) atoms. The topological polar surface area (TPSA) is 74.5 Å². The lowest BCUT2D eigenvalue weighted by molar-refractivity contribution is 1.06. The van der Waals surface area contributed by atoms with Crippen molar-refractivity contribution in [2.24, 2.45) is 0 Å². The van der Waals surface area contributed by atoms with Gasteiger partial charge < -0.3 is 9.55 Å². The number of imidazole rings is 1. The van der Waals surface area contributed by atoms with E-state index in [0.717, 1.165) is 27.4 Å².